The monoisotopic (exact) mass is 203 g/mol. The summed E-state index contributed by atoms with van der Waals surface area (Å²) < 4.78 is 0. The lowest BCUT2D eigenvalue weighted by Crippen LogP contribution is -2.18. The Morgan fingerprint density at radius 2 is 2.38 bits per heavy atom. The molecule has 0 saturated carbocycles. The first-order chi connectivity index (χ1) is 6.22. The van der Waals surface area contributed by atoms with Crippen LogP contribution in [0.1, 0.15) is 12.8 Å². The summed E-state index contributed by atoms with van der Waals surface area (Å²) in [5.41, 5.74) is 5.24. The Hall–Kier alpha value is -0.880. The molecule has 0 rings (SSSR count). The molecule has 5 nitrogen and oxygen atoms in total. The zero-order chi connectivity index (χ0) is 10.1. The molecule has 0 fully saturated rings. The van der Waals surface area contributed by atoms with E-state index in [9.17, 15) is 4.79 Å². The molecule has 0 aliphatic rings. The number of hydrogen-bond donors (Lipinski definition) is 2. The summed E-state index contributed by atoms with van der Waals surface area (Å²) in [7, 11) is 0. The molecule has 0 heterocycles. The predicted octanol–water partition coefficient (Wildman–Crippen LogP) is 0.630. The number of carboxylic acid groups (broad SMARTS) is 1. The van der Waals surface area contributed by atoms with E-state index in [1.54, 1.807) is 0 Å². The average Bonchev–Trinajstić information content (AvgIpc) is 2.10. The van der Waals surface area contributed by atoms with Crippen molar-refractivity contribution in [2.24, 2.45) is 16.0 Å². The number of azo groups is 1. The summed E-state index contributed by atoms with van der Waals surface area (Å²) in [6.45, 7) is 0.744. The summed E-state index contributed by atoms with van der Waals surface area (Å²) in [6, 6.07) is -0.779. The van der Waals surface area contributed by atoms with Gasteiger partial charge in [-0.1, -0.05) is 12.2 Å². The van der Waals surface area contributed by atoms with Gasteiger partial charge in [0.05, 0.1) is 6.54 Å². The van der Waals surface area contributed by atoms with E-state index in [2.05, 4.69) is 22.4 Å². The van der Waals surface area contributed by atoms with Crippen molar-refractivity contribution < 1.29 is 9.90 Å². The van der Waals surface area contributed by atoms with Gasteiger partial charge in [0.2, 0.25) is 0 Å². The van der Waals surface area contributed by atoms with Crippen LogP contribution >= 0.6 is 12.2 Å². The minimum Gasteiger partial charge on any atom is -0.480 e. The van der Waals surface area contributed by atoms with Crippen molar-refractivity contribution in [1.29, 1.82) is 0 Å². The molecule has 0 aromatic heterocycles. The van der Waals surface area contributed by atoms with E-state index in [1.807, 2.05) is 0 Å². The molecule has 0 unspecified atom stereocenters. The molecule has 0 aromatic carbocycles. The third-order valence-corrected chi connectivity index (χ3v) is 1.49. The zero-order valence-electron chi connectivity index (χ0n) is 7.22. The van der Waals surface area contributed by atoms with Gasteiger partial charge in [0.15, 0.2) is 6.04 Å². The molecular weight excluding hydrogens is 190 g/mol. The molecule has 0 aliphatic carbocycles. The van der Waals surface area contributed by atoms with E-state index in [1.165, 1.54) is 5.37 Å². The Labute approximate surface area is 82.0 Å². The minimum absolute atomic E-state index is 0.280. The van der Waals surface area contributed by atoms with Crippen molar-refractivity contribution >= 4 is 23.6 Å². The molecule has 0 radical (unpaired) electrons. The number of carboxylic acids is 1. The number of aliphatic carboxylic acids is 1. The van der Waals surface area contributed by atoms with Crippen LogP contribution in [0.5, 0.6) is 0 Å². The highest BCUT2D eigenvalue weighted by Crippen LogP contribution is 2.02. The summed E-state index contributed by atoms with van der Waals surface area (Å²) in [5, 5.41) is 17.3. The van der Waals surface area contributed by atoms with Gasteiger partial charge in [-0.25, -0.2) is 4.79 Å². The first kappa shape index (κ1) is 12.1. The van der Waals surface area contributed by atoms with Gasteiger partial charge in [0, 0.05) is 5.37 Å². The molecule has 3 N–H and O–H groups in total. The van der Waals surface area contributed by atoms with Crippen molar-refractivity contribution in [2.45, 2.75) is 18.9 Å². The normalized spacial score (nSPS) is 13.0. The van der Waals surface area contributed by atoms with Gasteiger partial charge in [-0.2, -0.15) is 10.2 Å². The first-order valence-electron chi connectivity index (χ1n) is 3.95. The van der Waals surface area contributed by atoms with Gasteiger partial charge in [0.25, 0.3) is 0 Å². The van der Waals surface area contributed by atoms with Crippen molar-refractivity contribution in [3.05, 3.63) is 0 Å². The largest absolute Gasteiger partial charge is 0.480 e. The Kier molecular flexibility index (Phi) is 7.23. The summed E-state index contributed by atoms with van der Waals surface area (Å²) >= 11 is 4.51. The fourth-order valence-corrected chi connectivity index (χ4v) is 0.788. The lowest BCUT2D eigenvalue weighted by molar-refractivity contribution is -0.138. The van der Waals surface area contributed by atoms with Crippen molar-refractivity contribution in [1.82, 2.24) is 0 Å². The van der Waals surface area contributed by atoms with Gasteiger partial charge in [-0.05, 0) is 19.4 Å². The Bertz CT molecular complexity index is 196. The quantitative estimate of drug-likeness (QED) is 0.469. The van der Waals surface area contributed by atoms with Crippen LogP contribution in [-0.4, -0.2) is 35.6 Å². The third kappa shape index (κ3) is 6.30. The highest BCUT2D eigenvalue weighted by atomic mass is 32.1. The van der Waals surface area contributed by atoms with E-state index in [4.69, 9.17) is 10.8 Å². The maximum absolute atomic E-state index is 10.6. The molecule has 0 saturated heterocycles. The molecule has 13 heavy (non-hydrogen) atoms. The van der Waals surface area contributed by atoms with Crippen LogP contribution in [0.15, 0.2) is 10.2 Å². The smallest absolute Gasteiger partial charge is 0.330 e. The zero-order valence-corrected chi connectivity index (χ0v) is 8.04. The number of hydrogen-bond acceptors (Lipinski definition) is 5. The first-order valence-corrected chi connectivity index (χ1v) is 4.42. The highest BCUT2D eigenvalue weighted by molar-refractivity contribution is 7.79. The number of nitrogens with zero attached hydrogens (tertiary/aromatic N) is 2. The second-order valence-corrected chi connectivity index (χ2v) is 2.72. The van der Waals surface area contributed by atoms with Crippen LogP contribution in [0.25, 0.3) is 0 Å². The highest BCUT2D eigenvalue weighted by Gasteiger charge is 2.14. The van der Waals surface area contributed by atoms with E-state index < -0.39 is 12.0 Å². The van der Waals surface area contributed by atoms with Gasteiger partial charge < -0.3 is 10.8 Å². The summed E-state index contributed by atoms with van der Waals surface area (Å²) in [6.07, 6.45) is 1.06. The molecule has 0 spiro atoms. The van der Waals surface area contributed by atoms with Crippen LogP contribution < -0.4 is 5.73 Å². The van der Waals surface area contributed by atoms with Gasteiger partial charge in [-0.3, -0.25) is 0 Å². The molecule has 1 atom stereocenters. The number of thiocarbonyl (C=S) groups is 1. The van der Waals surface area contributed by atoms with Gasteiger partial charge >= 0.3 is 5.97 Å². The Morgan fingerprint density at radius 3 is 2.85 bits per heavy atom. The fourth-order valence-electron chi connectivity index (χ4n) is 0.721. The fraction of sp³-hybridized carbons (Fsp3) is 0.714. The van der Waals surface area contributed by atoms with E-state index in [-0.39, 0.29) is 6.54 Å². The molecule has 6 heteroatoms. The maximum Gasteiger partial charge on any atom is 0.330 e. The van der Waals surface area contributed by atoms with Crippen LogP contribution in [0.2, 0.25) is 0 Å². The number of carbonyl (C=O) groups is 1. The van der Waals surface area contributed by atoms with Gasteiger partial charge in [0.1, 0.15) is 0 Å². The Balaban J connectivity index is 3.93. The van der Waals surface area contributed by atoms with E-state index in [0.29, 0.717) is 19.4 Å². The van der Waals surface area contributed by atoms with E-state index in [0.717, 1.165) is 0 Å². The lowest BCUT2D eigenvalue weighted by atomic mass is 10.2. The summed E-state index contributed by atoms with van der Waals surface area (Å²) in [5.74, 6) is -0.971. The SMILES string of the molecule is NCCC[C@H](N=NCC=S)C(=O)O. The standard InChI is InChI=1S/C7H13N3O2S/c8-3-1-2-6(7(11)12)10-9-4-5-13/h5-6H,1-4,8H2,(H,11,12)/t6-/m0/s1. The molecule has 0 aliphatic heterocycles. The van der Waals surface area contributed by atoms with Crippen LogP contribution in [0.4, 0.5) is 0 Å². The molecule has 0 bridgehead atoms. The van der Waals surface area contributed by atoms with Crippen molar-refractivity contribution in [3.8, 4) is 0 Å². The molecule has 74 valence electrons. The second-order valence-electron chi connectivity index (χ2n) is 2.39. The summed E-state index contributed by atoms with van der Waals surface area (Å²) in [4.78, 5) is 10.6. The molecular formula is C7H13N3O2S. The number of nitrogens with two attached hydrogens (primary N) is 1. The Morgan fingerprint density at radius 1 is 1.69 bits per heavy atom. The van der Waals surface area contributed by atoms with Crippen molar-refractivity contribution in [3.63, 3.8) is 0 Å². The van der Waals surface area contributed by atoms with E-state index >= 15 is 0 Å². The lowest BCUT2D eigenvalue weighted by Gasteiger charge is -2.03. The van der Waals surface area contributed by atoms with Crippen LogP contribution in [-0.2, 0) is 4.79 Å². The third-order valence-electron chi connectivity index (χ3n) is 1.34. The van der Waals surface area contributed by atoms with Crippen LogP contribution in [0, 0.1) is 0 Å². The predicted molar refractivity (Wildman–Crippen MR) is 53.1 cm³/mol. The minimum atomic E-state index is -0.971. The molecule has 0 aromatic rings. The topological polar surface area (TPSA) is 88.0 Å². The second kappa shape index (κ2) is 7.75. The van der Waals surface area contributed by atoms with Gasteiger partial charge in [-0.15, -0.1) is 0 Å². The maximum atomic E-state index is 10.6. The number of rotatable bonds is 7. The molecule has 0 amide bonds. The van der Waals surface area contributed by atoms with Crippen LogP contribution in [0.3, 0.4) is 0 Å². The van der Waals surface area contributed by atoms with Crippen molar-refractivity contribution in [2.75, 3.05) is 13.1 Å². The average molecular weight is 203 g/mol.